The van der Waals surface area contributed by atoms with Crippen LogP contribution in [0.1, 0.15) is 17.2 Å². The van der Waals surface area contributed by atoms with Crippen molar-refractivity contribution in [3.05, 3.63) is 86.6 Å². The number of rotatable bonds is 7. The second-order valence-electron chi connectivity index (χ2n) is 7.54. The highest BCUT2D eigenvalue weighted by atomic mass is 35.5. The number of halogens is 1. The van der Waals surface area contributed by atoms with E-state index in [-0.39, 0.29) is 28.8 Å². The number of esters is 1. The molecule has 1 fully saturated rings. The summed E-state index contributed by atoms with van der Waals surface area (Å²) in [5.74, 6) is -1.54. The molecule has 12 heteroatoms. The number of β-lactam (4-membered cyclic amide) rings is 1. The number of nitrogens with zero attached hydrogens (tertiary/aromatic N) is 2. The summed E-state index contributed by atoms with van der Waals surface area (Å²) in [6.07, 6.45) is 0. The smallest absolute Gasteiger partial charge is 0.356 e. The fourth-order valence-corrected chi connectivity index (χ4v) is 5.10. The Bertz CT molecular complexity index is 1170. The Labute approximate surface area is 203 Å². The van der Waals surface area contributed by atoms with Gasteiger partial charge in [-0.3, -0.25) is 24.6 Å². The molecule has 2 amide bonds. The summed E-state index contributed by atoms with van der Waals surface area (Å²) in [6.45, 7) is -0.156. The van der Waals surface area contributed by atoms with Crippen molar-refractivity contribution in [3.8, 4) is 0 Å². The molecule has 3 atom stereocenters. The van der Waals surface area contributed by atoms with Crippen LogP contribution in [0, 0.1) is 10.1 Å². The van der Waals surface area contributed by atoms with E-state index < -0.39 is 40.2 Å². The third-order valence-corrected chi connectivity index (χ3v) is 7.12. The van der Waals surface area contributed by atoms with Gasteiger partial charge in [-0.25, -0.2) is 4.79 Å². The summed E-state index contributed by atoms with van der Waals surface area (Å²) in [5.41, 5.74) is 7.00. The third kappa shape index (κ3) is 4.63. The molecule has 0 aromatic heterocycles. The minimum absolute atomic E-state index is 0.0739. The lowest BCUT2D eigenvalue weighted by Crippen LogP contribution is -2.71. The number of hydrogen-bond acceptors (Lipinski definition) is 8. The van der Waals surface area contributed by atoms with Gasteiger partial charge >= 0.3 is 5.97 Å². The SMILES string of the molecule is N[C@@H](C(=O)N[C@@H]1C(=O)N2C(C(=O)OCc3ccc([N+](=O)[O-])cc3)=C(Cl)CS[C@H]12)c1ccccc1. The third-order valence-electron chi connectivity index (χ3n) is 5.37. The number of nitrogens with one attached hydrogen (secondary N) is 1. The van der Waals surface area contributed by atoms with Gasteiger partial charge in [0.2, 0.25) is 5.91 Å². The van der Waals surface area contributed by atoms with Crippen LogP contribution in [0.2, 0.25) is 0 Å². The Morgan fingerprint density at radius 2 is 1.91 bits per heavy atom. The van der Waals surface area contributed by atoms with Crippen molar-refractivity contribution < 1.29 is 24.0 Å². The van der Waals surface area contributed by atoms with E-state index in [2.05, 4.69) is 5.32 Å². The monoisotopic (exact) mass is 502 g/mol. The number of amides is 2. The van der Waals surface area contributed by atoms with E-state index in [1.165, 1.54) is 40.9 Å². The number of carbonyl (C=O) groups is 3. The molecule has 0 saturated carbocycles. The second-order valence-corrected chi connectivity index (χ2v) is 9.10. The maximum absolute atomic E-state index is 12.8. The van der Waals surface area contributed by atoms with Crippen molar-refractivity contribution >= 4 is 46.8 Å². The Morgan fingerprint density at radius 1 is 1.24 bits per heavy atom. The maximum Gasteiger partial charge on any atom is 0.356 e. The van der Waals surface area contributed by atoms with E-state index in [1.54, 1.807) is 30.3 Å². The van der Waals surface area contributed by atoms with E-state index in [4.69, 9.17) is 22.1 Å². The average Bonchev–Trinajstić information content (AvgIpc) is 2.85. The molecule has 2 heterocycles. The Kier molecular flexibility index (Phi) is 6.87. The van der Waals surface area contributed by atoms with E-state index in [0.717, 1.165) is 0 Å². The first-order valence-electron chi connectivity index (χ1n) is 10.1. The standard InChI is InChI=1S/C22H19ClN4O6S/c23-15-11-34-21-17(25-19(28)16(24)13-4-2-1-3-5-13)20(29)26(21)18(15)22(30)33-10-12-6-8-14(9-7-12)27(31)32/h1-9,16-17,21H,10-11,24H2,(H,25,28)/t16-,17-,21-/m1/s1. The quantitative estimate of drug-likeness (QED) is 0.253. The largest absolute Gasteiger partial charge is 0.456 e. The van der Waals surface area contributed by atoms with Crippen molar-refractivity contribution in [2.24, 2.45) is 5.73 Å². The second kappa shape index (κ2) is 9.84. The number of hydrogen-bond donors (Lipinski definition) is 2. The summed E-state index contributed by atoms with van der Waals surface area (Å²) in [7, 11) is 0. The molecule has 2 aliphatic rings. The van der Waals surface area contributed by atoms with E-state index in [9.17, 15) is 24.5 Å². The lowest BCUT2D eigenvalue weighted by molar-refractivity contribution is -0.384. The number of benzene rings is 2. The van der Waals surface area contributed by atoms with Crippen molar-refractivity contribution in [2.45, 2.75) is 24.1 Å². The van der Waals surface area contributed by atoms with E-state index in [1.807, 2.05) is 0 Å². The van der Waals surface area contributed by atoms with Gasteiger partial charge in [-0.1, -0.05) is 41.9 Å². The first kappa shape index (κ1) is 23.7. The lowest BCUT2D eigenvalue weighted by Gasteiger charge is -2.49. The fraction of sp³-hybridized carbons (Fsp3) is 0.227. The molecule has 0 spiro atoms. The lowest BCUT2D eigenvalue weighted by atomic mass is 10.0. The van der Waals surface area contributed by atoms with Crippen LogP contribution >= 0.6 is 23.4 Å². The van der Waals surface area contributed by atoms with Crippen LogP contribution in [-0.2, 0) is 25.7 Å². The van der Waals surface area contributed by atoms with Gasteiger partial charge in [0.05, 0.1) is 9.96 Å². The molecule has 4 rings (SSSR count). The van der Waals surface area contributed by atoms with Crippen molar-refractivity contribution in [2.75, 3.05) is 5.75 Å². The Morgan fingerprint density at radius 3 is 2.56 bits per heavy atom. The van der Waals surface area contributed by atoms with Gasteiger partial charge in [0, 0.05) is 17.9 Å². The van der Waals surface area contributed by atoms with Gasteiger partial charge in [0.15, 0.2) is 0 Å². The first-order chi connectivity index (χ1) is 16.3. The fourth-order valence-electron chi connectivity index (χ4n) is 3.56. The van der Waals surface area contributed by atoms with Crippen molar-refractivity contribution in [1.82, 2.24) is 10.2 Å². The zero-order chi connectivity index (χ0) is 24.4. The number of nitro groups is 1. The predicted molar refractivity (Wildman–Crippen MR) is 124 cm³/mol. The minimum atomic E-state index is -0.943. The van der Waals surface area contributed by atoms with Gasteiger partial charge in [0.25, 0.3) is 11.6 Å². The molecular weight excluding hydrogens is 484 g/mol. The van der Waals surface area contributed by atoms with Gasteiger partial charge < -0.3 is 15.8 Å². The molecule has 2 aliphatic heterocycles. The molecule has 0 bridgehead atoms. The summed E-state index contributed by atoms with van der Waals surface area (Å²) >= 11 is 7.55. The van der Waals surface area contributed by atoms with Gasteiger partial charge in [-0.05, 0) is 23.3 Å². The molecule has 2 aromatic carbocycles. The molecule has 176 valence electrons. The molecule has 10 nitrogen and oxygen atoms in total. The predicted octanol–water partition coefficient (Wildman–Crippen LogP) is 2.19. The normalized spacial score (nSPS) is 20.2. The summed E-state index contributed by atoms with van der Waals surface area (Å²) < 4.78 is 5.29. The highest BCUT2D eigenvalue weighted by Gasteiger charge is 2.54. The number of fused-ring (bicyclic) bond motifs is 1. The highest BCUT2D eigenvalue weighted by molar-refractivity contribution is 8.00. The molecule has 34 heavy (non-hydrogen) atoms. The number of nitrogens with two attached hydrogens (primary N) is 1. The van der Waals surface area contributed by atoms with E-state index >= 15 is 0 Å². The van der Waals surface area contributed by atoms with Crippen LogP contribution in [0.5, 0.6) is 0 Å². The molecule has 2 aromatic rings. The van der Waals surface area contributed by atoms with Gasteiger partial charge in [-0.15, -0.1) is 11.8 Å². The summed E-state index contributed by atoms with van der Waals surface area (Å²) in [5, 5.41) is 13.1. The molecule has 0 aliphatic carbocycles. The summed E-state index contributed by atoms with van der Waals surface area (Å²) in [4.78, 5) is 49.6. The van der Waals surface area contributed by atoms with Crippen LogP contribution in [0.3, 0.4) is 0 Å². The van der Waals surface area contributed by atoms with Crippen LogP contribution in [0.15, 0.2) is 65.3 Å². The molecule has 0 unspecified atom stereocenters. The number of carbonyl (C=O) groups excluding carboxylic acids is 3. The Balaban J connectivity index is 1.39. The number of nitro benzene ring substituents is 1. The van der Waals surface area contributed by atoms with Crippen LogP contribution in [0.4, 0.5) is 5.69 Å². The zero-order valence-corrected chi connectivity index (χ0v) is 19.1. The zero-order valence-electron chi connectivity index (χ0n) is 17.5. The van der Waals surface area contributed by atoms with Crippen LogP contribution < -0.4 is 11.1 Å². The molecule has 3 N–H and O–H groups in total. The number of ether oxygens (including phenoxy) is 1. The molecular formula is C22H19ClN4O6S. The molecule has 0 radical (unpaired) electrons. The van der Waals surface area contributed by atoms with E-state index in [0.29, 0.717) is 11.1 Å². The number of non-ortho nitro benzene ring substituents is 1. The van der Waals surface area contributed by atoms with Gasteiger partial charge in [-0.2, -0.15) is 0 Å². The minimum Gasteiger partial charge on any atom is -0.456 e. The summed E-state index contributed by atoms with van der Waals surface area (Å²) in [6, 6.07) is 12.5. The van der Waals surface area contributed by atoms with Crippen LogP contribution in [-0.4, -0.2) is 44.8 Å². The average molecular weight is 503 g/mol. The van der Waals surface area contributed by atoms with Crippen molar-refractivity contribution in [1.29, 1.82) is 0 Å². The van der Waals surface area contributed by atoms with Crippen LogP contribution in [0.25, 0.3) is 0 Å². The van der Waals surface area contributed by atoms with Gasteiger partial charge in [0.1, 0.15) is 29.8 Å². The maximum atomic E-state index is 12.8. The number of thioether (sulfide) groups is 1. The topological polar surface area (TPSA) is 145 Å². The molecule has 1 saturated heterocycles. The first-order valence-corrected chi connectivity index (χ1v) is 11.5. The van der Waals surface area contributed by atoms with Crippen molar-refractivity contribution in [3.63, 3.8) is 0 Å². The highest BCUT2D eigenvalue weighted by Crippen LogP contribution is 2.41. The Hall–Kier alpha value is -3.41.